The number of aliphatic hydroxyl groups is 1. The number of carbonyl (C=O) groups is 2. The Morgan fingerprint density at radius 3 is 2.68 bits per heavy atom. The maximum atomic E-state index is 12.8. The molecule has 0 bridgehead atoms. The SMILES string of the molecule is O=C1C[C@H]([NH+]2CCCC[C@@H]2CCO)C(=O)N1c1ccccc1. The Bertz CT molecular complexity index is 544. The Morgan fingerprint density at radius 1 is 1.18 bits per heavy atom. The fourth-order valence-corrected chi connectivity index (χ4v) is 3.82. The summed E-state index contributed by atoms with van der Waals surface area (Å²) in [4.78, 5) is 27.7. The van der Waals surface area contributed by atoms with E-state index in [1.54, 1.807) is 12.1 Å². The summed E-state index contributed by atoms with van der Waals surface area (Å²) >= 11 is 0. The van der Waals surface area contributed by atoms with Crippen LogP contribution < -0.4 is 9.80 Å². The Labute approximate surface area is 130 Å². The van der Waals surface area contributed by atoms with Crippen LogP contribution in [0.15, 0.2) is 30.3 Å². The molecule has 2 fully saturated rings. The number of para-hydroxylation sites is 1. The van der Waals surface area contributed by atoms with Gasteiger partial charge in [-0.05, 0) is 31.4 Å². The molecule has 5 heteroatoms. The van der Waals surface area contributed by atoms with Gasteiger partial charge in [-0.3, -0.25) is 9.59 Å². The number of nitrogens with zero attached hydrogens (tertiary/aromatic N) is 1. The highest BCUT2D eigenvalue weighted by Crippen LogP contribution is 2.22. The highest BCUT2D eigenvalue weighted by Gasteiger charge is 2.48. The molecule has 118 valence electrons. The number of rotatable bonds is 4. The Kier molecular flexibility index (Phi) is 4.55. The molecular formula is C17H23N2O3+. The topological polar surface area (TPSA) is 62.1 Å². The first-order valence-electron chi connectivity index (χ1n) is 8.10. The van der Waals surface area contributed by atoms with Gasteiger partial charge in [-0.15, -0.1) is 0 Å². The molecule has 0 radical (unpaired) electrons. The molecule has 0 aliphatic carbocycles. The van der Waals surface area contributed by atoms with Crippen LogP contribution in [0.1, 0.15) is 32.1 Å². The first-order chi connectivity index (χ1) is 10.7. The number of likely N-dealkylation sites (tertiary alicyclic amines) is 1. The minimum Gasteiger partial charge on any atom is -0.396 e. The quantitative estimate of drug-likeness (QED) is 0.778. The summed E-state index contributed by atoms with van der Waals surface area (Å²) in [5.74, 6) is -0.196. The molecule has 3 atom stereocenters. The number of imide groups is 1. The number of piperidine rings is 1. The van der Waals surface area contributed by atoms with E-state index in [1.807, 2.05) is 18.2 Å². The van der Waals surface area contributed by atoms with Crippen LogP contribution in [-0.2, 0) is 9.59 Å². The van der Waals surface area contributed by atoms with Gasteiger partial charge in [-0.2, -0.15) is 0 Å². The van der Waals surface area contributed by atoms with Crippen LogP contribution in [0.2, 0.25) is 0 Å². The van der Waals surface area contributed by atoms with Crippen molar-refractivity contribution < 1.29 is 19.6 Å². The van der Waals surface area contributed by atoms with Crippen LogP contribution >= 0.6 is 0 Å². The average molecular weight is 303 g/mol. The van der Waals surface area contributed by atoms with Gasteiger partial charge in [-0.1, -0.05) is 18.2 Å². The van der Waals surface area contributed by atoms with Gasteiger partial charge >= 0.3 is 0 Å². The molecule has 2 N–H and O–H groups in total. The highest BCUT2D eigenvalue weighted by atomic mass is 16.3. The highest BCUT2D eigenvalue weighted by molar-refractivity contribution is 6.21. The van der Waals surface area contributed by atoms with Crippen LogP contribution in [0.25, 0.3) is 0 Å². The summed E-state index contributed by atoms with van der Waals surface area (Å²) in [5, 5.41) is 9.25. The minimum absolute atomic E-state index is 0.0870. The van der Waals surface area contributed by atoms with E-state index in [1.165, 1.54) is 9.80 Å². The fraction of sp³-hybridized carbons (Fsp3) is 0.529. The van der Waals surface area contributed by atoms with Crippen molar-refractivity contribution in [2.45, 2.75) is 44.2 Å². The summed E-state index contributed by atoms with van der Waals surface area (Å²) in [5.41, 5.74) is 0.662. The van der Waals surface area contributed by atoms with Gasteiger partial charge in [-0.25, -0.2) is 4.90 Å². The second-order valence-corrected chi connectivity index (χ2v) is 6.19. The number of hydrogen-bond acceptors (Lipinski definition) is 3. The normalized spacial score (nSPS) is 29.1. The minimum atomic E-state index is -0.287. The number of amides is 2. The molecule has 2 heterocycles. The number of benzene rings is 1. The van der Waals surface area contributed by atoms with Gasteiger partial charge in [0.1, 0.15) is 0 Å². The van der Waals surface area contributed by atoms with E-state index in [4.69, 9.17) is 0 Å². The van der Waals surface area contributed by atoms with E-state index in [2.05, 4.69) is 0 Å². The van der Waals surface area contributed by atoms with Crippen LogP contribution in [0.3, 0.4) is 0 Å². The molecule has 3 rings (SSSR count). The van der Waals surface area contributed by atoms with E-state index in [0.717, 1.165) is 25.8 Å². The summed E-state index contributed by atoms with van der Waals surface area (Å²) in [6.07, 6.45) is 4.24. The van der Waals surface area contributed by atoms with E-state index >= 15 is 0 Å². The third-order valence-corrected chi connectivity index (χ3v) is 4.88. The Morgan fingerprint density at radius 2 is 1.95 bits per heavy atom. The molecule has 2 aliphatic rings. The summed E-state index contributed by atoms with van der Waals surface area (Å²) in [6, 6.07) is 9.15. The zero-order chi connectivity index (χ0) is 15.5. The maximum Gasteiger partial charge on any atom is 0.292 e. The molecule has 1 unspecified atom stereocenters. The molecule has 2 amide bonds. The number of quaternary nitrogens is 1. The number of carbonyl (C=O) groups excluding carboxylic acids is 2. The van der Waals surface area contributed by atoms with Crippen molar-refractivity contribution in [3.8, 4) is 0 Å². The van der Waals surface area contributed by atoms with Gasteiger partial charge in [0.2, 0.25) is 5.91 Å². The van der Waals surface area contributed by atoms with Gasteiger partial charge < -0.3 is 10.0 Å². The van der Waals surface area contributed by atoms with E-state index in [0.29, 0.717) is 12.1 Å². The Balaban J connectivity index is 1.81. The lowest BCUT2D eigenvalue weighted by Gasteiger charge is -2.35. The Hall–Kier alpha value is -1.72. The van der Waals surface area contributed by atoms with E-state index in [9.17, 15) is 14.7 Å². The predicted molar refractivity (Wildman–Crippen MR) is 82.5 cm³/mol. The second-order valence-electron chi connectivity index (χ2n) is 6.19. The number of anilines is 1. The van der Waals surface area contributed by atoms with Crippen LogP contribution in [-0.4, -0.2) is 42.2 Å². The first-order valence-corrected chi connectivity index (χ1v) is 8.10. The molecule has 2 saturated heterocycles. The van der Waals surface area contributed by atoms with Crippen LogP contribution in [0, 0.1) is 0 Å². The molecule has 2 aliphatic heterocycles. The van der Waals surface area contributed by atoms with E-state index in [-0.39, 0.29) is 36.9 Å². The first kappa shape index (κ1) is 15.2. The van der Waals surface area contributed by atoms with Gasteiger partial charge in [0.15, 0.2) is 6.04 Å². The number of aliphatic hydroxyl groups excluding tert-OH is 1. The zero-order valence-electron chi connectivity index (χ0n) is 12.7. The standard InChI is InChI=1S/C17H22N2O3/c20-11-9-13-6-4-5-10-18(13)15-12-16(21)19(17(15)22)14-7-2-1-3-8-14/h1-3,7-8,13,15,20H,4-6,9-12H2/p+1/t13-,15+/m1/s1. The molecule has 0 saturated carbocycles. The summed E-state index contributed by atoms with van der Waals surface area (Å²) < 4.78 is 0. The molecule has 0 aromatic heterocycles. The predicted octanol–water partition coefficient (Wildman–Crippen LogP) is 0.138. The third kappa shape index (κ3) is 2.78. The lowest BCUT2D eigenvalue weighted by atomic mass is 9.97. The van der Waals surface area contributed by atoms with Crippen molar-refractivity contribution >= 4 is 17.5 Å². The number of nitrogens with one attached hydrogen (secondary N) is 1. The maximum absolute atomic E-state index is 12.8. The van der Waals surface area contributed by atoms with Gasteiger partial charge in [0, 0.05) is 13.0 Å². The number of hydrogen-bond donors (Lipinski definition) is 2. The summed E-state index contributed by atoms with van der Waals surface area (Å²) in [6.45, 7) is 1.06. The summed E-state index contributed by atoms with van der Waals surface area (Å²) in [7, 11) is 0. The van der Waals surface area contributed by atoms with E-state index < -0.39 is 0 Å². The largest absolute Gasteiger partial charge is 0.396 e. The van der Waals surface area contributed by atoms with Crippen molar-refractivity contribution in [1.29, 1.82) is 0 Å². The van der Waals surface area contributed by atoms with Crippen molar-refractivity contribution in [3.05, 3.63) is 30.3 Å². The van der Waals surface area contributed by atoms with Crippen molar-refractivity contribution in [1.82, 2.24) is 0 Å². The fourth-order valence-electron chi connectivity index (χ4n) is 3.82. The second kappa shape index (κ2) is 6.58. The molecule has 0 spiro atoms. The molecule has 1 aromatic carbocycles. The van der Waals surface area contributed by atoms with Crippen LogP contribution in [0.5, 0.6) is 0 Å². The molecule has 5 nitrogen and oxygen atoms in total. The van der Waals surface area contributed by atoms with Crippen molar-refractivity contribution in [3.63, 3.8) is 0 Å². The lowest BCUT2D eigenvalue weighted by molar-refractivity contribution is -0.945. The monoisotopic (exact) mass is 303 g/mol. The lowest BCUT2D eigenvalue weighted by Crippen LogP contribution is -3.20. The smallest absolute Gasteiger partial charge is 0.292 e. The average Bonchev–Trinajstić information content (AvgIpc) is 2.84. The van der Waals surface area contributed by atoms with Gasteiger partial charge in [0.25, 0.3) is 5.91 Å². The molecule has 22 heavy (non-hydrogen) atoms. The zero-order valence-corrected chi connectivity index (χ0v) is 12.7. The van der Waals surface area contributed by atoms with Crippen molar-refractivity contribution in [2.75, 3.05) is 18.1 Å². The van der Waals surface area contributed by atoms with Gasteiger partial charge in [0.05, 0.1) is 24.7 Å². The molecule has 1 aromatic rings. The van der Waals surface area contributed by atoms with Crippen LogP contribution in [0.4, 0.5) is 5.69 Å². The molecular weight excluding hydrogens is 280 g/mol. The van der Waals surface area contributed by atoms with Crippen molar-refractivity contribution in [2.24, 2.45) is 0 Å². The third-order valence-electron chi connectivity index (χ3n) is 4.88.